The van der Waals surface area contributed by atoms with Crippen LogP contribution in [0.5, 0.6) is 0 Å². The number of rotatable bonds is 5. The van der Waals surface area contributed by atoms with Gasteiger partial charge in [-0.2, -0.15) is 9.97 Å². The summed E-state index contributed by atoms with van der Waals surface area (Å²) in [5.74, 6) is 1.85. The van der Waals surface area contributed by atoms with E-state index < -0.39 is 0 Å². The monoisotopic (exact) mass is 748 g/mol. The van der Waals surface area contributed by atoms with E-state index in [1.165, 1.54) is 66.8 Å². The molecule has 0 N–H and O–H groups in total. The van der Waals surface area contributed by atoms with Crippen LogP contribution in [0, 0.1) is 0 Å². The van der Waals surface area contributed by atoms with Gasteiger partial charge in [0.05, 0.1) is 5.69 Å². The van der Waals surface area contributed by atoms with Gasteiger partial charge in [0.25, 0.3) is 0 Å². The van der Waals surface area contributed by atoms with Gasteiger partial charge >= 0.3 is 0 Å². The van der Waals surface area contributed by atoms with Crippen LogP contribution in [-0.4, -0.2) is 15.0 Å². The molecule has 280 valence electrons. The van der Waals surface area contributed by atoms with Crippen molar-refractivity contribution in [3.8, 4) is 56.2 Å². The van der Waals surface area contributed by atoms with Crippen molar-refractivity contribution in [3.05, 3.63) is 191 Å². The normalized spacial score (nSPS) is 15.5. The molecule has 0 unspecified atom stereocenters. The van der Waals surface area contributed by atoms with Crippen LogP contribution >= 0.6 is 0 Å². The van der Waals surface area contributed by atoms with Crippen LogP contribution in [-0.2, 0) is 16.2 Å². The lowest BCUT2D eigenvalue weighted by molar-refractivity contribution is 0.660. The van der Waals surface area contributed by atoms with Gasteiger partial charge in [-0.1, -0.05) is 175 Å². The largest absolute Gasteiger partial charge is 0.278 e. The predicted molar refractivity (Wildman–Crippen MR) is 238 cm³/mol. The number of nitrogens with zero attached hydrogens (tertiary/aromatic N) is 4. The highest BCUT2D eigenvalue weighted by atomic mass is 15.3. The zero-order valence-electron chi connectivity index (χ0n) is 33.8. The van der Waals surface area contributed by atoms with Gasteiger partial charge in [0.1, 0.15) is 0 Å². The van der Waals surface area contributed by atoms with Crippen LogP contribution in [0.1, 0.15) is 74.9 Å². The molecule has 0 saturated carbocycles. The summed E-state index contributed by atoms with van der Waals surface area (Å²) in [5, 5.41) is 0. The highest BCUT2D eigenvalue weighted by Crippen LogP contribution is 2.56. The second-order valence-electron chi connectivity index (χ2n) is 17.7. The highest BCUT2D eigenvalue weighted by molar-refractivity contribution is 5.95. The molecular formula is C54H44N4. The van der Waals surface area contributed by atoms with Crippen LogP contribution in [0.25, 0.3) is 56.2 Å². The summed E-state index contributed by atoms with van der Waals surface area (Å²) < 4.78 is 0. The van der Waals surface area contributed by atoms with E-state index in [2.05, 4.69) is 186 Å². The molecule has 4 nitrogen and oxygen atoms in total. The Balaban J connectivity index is 1.18. The van der Waals surface area contributed by atoms with E-state index in [0.717, 1.165) is 22.5 Å². The van der Waals surface area contributed by atoms with E-state index in [0.29, 0.717) is 17.6 Å². The fraction of sp³-hybridized carbons (Fsp3) is 0.167. The Hall–Kier alpha value is -6.65. The summed E-state index contributed by atoms with van der Waals surface area (Å²) in [7, 11) is 0. The molecule has 3 aliphatic rings. The van der Waals surface area contributed by atoms with Crippen molar-refractivity contribution < 1.29 is 0 Å². The van der Waals surface area contributed by atoms with E-state index in [9.17, 15) is 0 Å². The zero-order chi connectivity index (χ0) is 39.6. The quantitative estimate of drug-likeness (QED) is 0.176. The molecule has 4 heteroatoms. The molecule has 0 spiro atoms. The van der Waals surface area contributed by atoms with Crippen LogP contribution in [0.3, 0.4) is 0 Å². The predicted octanol–water partition coefficient (Wildman–Crippen LogP) is 13.6. The van der Waals surface area contributed by atoms with Crippen LogP contribution < -0.4 is 4.90 Å². The molecule has 7 aromatic carbocycles. The molecule has 1 aromatic heterocycles. The minimum atomic E-state index is -0.186. The maximum atomic E-state index is 5.49. The first kappa shape index (κ1) is 34.6. The maximum Gasteiger partial charge on any atom is 0.238 e. The summed E-state index contributed by atoms with van der Waals surface area (Å²) in [6.07, 6.45) is 0. The summed E-state index contributed by atoms with van der Waals surface area (Å²) >= 11 is 0. The van der Waals surface area contributed by atoms with Crippen LogP contribution in [0.4, 0.5) is 17.3 Å². The van der Waals surface area contributed by atoms with Gasteiger partial charge in [0, 0.05) is 38.6 Å². The Kier molecular flexibility index (Phi) is 7.26. The van der Waals surface area contributed by atoms with Crippen molar-refractivity contribution in [1.29, 1.82) is 0 Å². The topological polar surface area (TPSA) is 41.9 Å². The van der Waals surface area contributed by atoms with Gasteiger partial charge in [-0.3, -0.25) is 4.90 Å². The van der Waals surface area contributed by atoms with E-state index in [1.54, 1.807) is 0 Å². The Labute approximate surface area is 341 Å². The summed E-state index contributed by atoms with van der Waals surface area (Å²) in [6.45, 7) is 14.0. The lowest BCUT2D eigenvalue weighted by atomic mass is 9.82. The number of hydrogen-bond donors (Lipinski definition) is 0. The van der Waals surface area contributed by atoms with Crippen molar-refractivity contribution in [2.24, 2.45) is 0 Å². The van der Waals surface area contributed by atoms with Crippen molar-refractivity contribution in [3.63, 3.8) is 0 Å². The average molecular weight is 749 g/mol. The van der Waals surface area contributed by atoms with Crippen LogP contribution in [0.2, 0.25) is 0 Å². The molecule has 0 atom stereocenters. The Morgan fingerprint density at radius 2 is 0.879 bits per heavy atom. The first-order valence-corrected chi connectivity index (χ1v) is 20.4. The SMILES string of the molecule is CC1(C)c2ccccc2-c2cc(-c3nc(-c4ccccc4)nc(N(c4ccc5c(c4)C(C)(C)c4ccccc4-5)c4cccc5c4-c4ccccc4C5(C)C)n3)ccc21. The van der Waals surface area contributed by atoms with E-state index >= 15 is 0 Å². The average Bonchev–Trinajstić information content (AvgIpc) is 3.74. The molecule has 11 rings (SSSR count). The fourth-order valence-corrected chi connectivity index (χ4v) is 10.3. The Morgan fingerprint density at radius 3 is 1.59 bits per heavy atom. The summed E-state index contributed by atoms with van der Waals surface area (Å²) in [6, 6.07) is 57.2. The summed E-state index contributed by atoms with van der Waals surface area (Å²) in [5.41, 5.74) is 19.0. The molecular weight excluding hydrogens is 705 g/mol. The first-order chi connectivity index (χ1) is 28.0. The van der Waals surface area contributed by atoms with Gasteiger partial charge < -0.3 is 0 Å². The Bertz CT molecular complexity index is 2990. The van der Waals surface area contributed by atoms with Crippen LogP contribution in [0.15, 0.2) is 158 Å². The molecule has 0 radical (unpaired) electrons. The third-order valence-corrected chi connectivity index (χ3v) is 13.3. The van der Waals surface area contributed by atoms with E-state index in [4.69, 9.17) is 15.0 Å². The minimum absolute atomic E-state index is 0.0977. The number of hydrogen-bond acceptors (Lipinski definition) is 4. The second-order valence-corrected chi connectivity index (χ2v) is 17.7. The molecule has 1 heterocycles. The molecule has 8 aromatic rings. The van der Waals surface area contributed by atoms with Crippen molar-refractivity contribution >= 4 is 17.3 Å². The second kappa shape index (κ2) is 12.2. The lowest BCUT2D eigenvalue weighted by Crippen LogP contribution is -2.19. The fourth-order valence-electron chi connectivity index (χ4n) is 10.3. The first-order valence-electron chi connectivity index (χ1n) is 20.4. The smallest absolute Gasteiger partial charge is 0.238 e. The third kappa shape index (κ3) is 4.84. The molecule has 0 saturated heterocycles. The molecule has 0 aliphatic heterocycles. The Morgan fingerprint density at radius 1 is 0.362 bits per heavy atom. The van der Waals surface area contributed by atoms with Crippen molar-refractivity contribution in [2.75, 3.05) is 4.90 Å². The van der Waals surface area contributed by atoms with Gasteiger partial charge in [0.2, 0.25) is 5.95 Å². The minimum Gasteiger partial charge on any atom is -0.278 e. The van der Waals surface area contributed by atoms with Gasteiger partial charge in [-0.05, 0) is 85.5 Å². The lowest BCUT2D eigenvalue weighted by Gasteiger charge is -2.29. The number of fused-ring (bicyclic) bond motifs is 9. The number of aromatic nitrogens is 3. The molecule has 58 heavy (non-hydrogen) atoms. The van der Waals surface area contributed by atoms with Gasteiger partial charge in [-0.25, -0.2) is 4.98 Å². The zero-order valence-corrected chi connectivity index (χ0v) is 33.8. The third-order valence-electron chi connectivity index (χ3n) is 13.3. The van der Waals surface area contributed by atoms with Gasteiger partial charge in [0.15, 0.2) is 11.6 Å². The molecule has 0 bridgehead atoms. The van der Waals surface area contributed by atoms with Crippen molar-refractivity contribution in [1.82, 2.24) is 15.0 Å². The highest BCUT2D eigenvalue weighted by Gasteiger charge is 2.40. The molecule has 3 aliphatic carbocycles. The van der Waals surface area contributed by atoms with E-state index in [-0.39, 0.29) is 16.2 Å². The molecule has 0 fully saturated rings. The maximum absolute atomic E-state index is 5.49. The van der Waals surface area contributed by atoms with Gasteiger partial charge in [-0.15, -0.1) is 0 Å². The number of anilines is 3. The van der Waals surface area contributed by atoms with Crippen molar-refractivity contribution in [2.45, 2.75) is 57.8 Å². The molecule has 0 amide bonds. The standard InChI is InChI=1S/C54H44N4/c1-52(2)42-23-14-11-20-37(42)40-31-34(27-30-44(40)52)50-55-49(33-17-8-7-9-18-33)56-51(57-50)58(35-28-29-38-36-19-10-13-22-41(36)54(5,6)46(38)32-35)47-26-16-25-45-48(47)39-21-12-15-24-43(39)53(45,3)4/h7-32H,1-6H3. The van der Waals surface area contributed by atoms with E-state index in [1.807, 2.05) is 18.2 Å². The summed E-state index contributed by atoms with van der Waals surface area (Å²) in [4.78, 5) is 18.4. The number of benzene rings is 7.